The Bertz CT molecular complexity index is 865. The zero-order chi connectivity index (χ0) is 18.2. The number of aromatic nitrogens is 2. The monoisotopic (exact) mass is 346 g/mol. The van der Waals surface area contributed by atoms with Crippen molar-refractivity contribution in [1.29, 1.82) is 0 Å². The molecule has 130 valence electrons. The average Bonchev–Trinajstić information content (AvgIpc) is 2.69. The summed E-state index contributed by atoms with van der Waals surface area (Å²) in [6.45, 7) is 0. The first kappa shape index (κ1) is 17.3. The van der Waals surface area contributed by atoms with Gasteiger partial charge in [-0.25, -0.2) is 4.98 Å². The van der Waals surface area contributed by atoms with Gasteiger partial charge in [-0.3, -0.25) is 14.6 Å². The van der Waals surface area contributed by atoms with Gasteiger partial charge in [0.05, 0.1) is 11.9 Å². The molecule has 3 aromatic rings. The third kappa shape index (κ3) is 4.98. The van der Waals surface area contributed by atoms with Crippen LogP contribution in [0.15, 0.2) is 73.1 Å². The maximum absolute atomic E-state index is 12.1. The lowest BCUT2D eigenvalue weighted by Gasteiger charge is -2.07. The molecule has 0 bridgehead atoms. The fraction of sp³-hybridized carbons (Fsp3) is 0.100. The number of rotatable bonds is 6. The second-order valence-corrected chi connectivity index (χ2v) is 5.62. The number of aryl methyl sites for hydroxylation is 1. The predicted molar refractivity (Wildman–Crippen MR) is 99.8 cm³/mol. The topological polar surface area (TPSA) is 84.0 Å². The molecule has 0 radical (unpaired) electrons. The van der Waals surface area contributed by atoms with Crippen molar-refractivity contribution in [3.63, 3.8) is 0 Å². The highest BCUT2D eigenvalue weighted by Gasteiger charge is 2.07. The summed E-state index contributed by atoms with van der Waals surface area (Å²) in [6, 6.07) is 17.9. The molecule has 0 aliphatic rings. The van der Waals surface area contributed by atoms with Crippen LogP contribution in [0.4, 0.5) is 11.5 Å². The van der Waals surface area contributed by atoms with E-state index in [1.165, 1.54) is 6.20 Å². The number of pyridine rings is 2. The molecule has 2 amide bonds. The van der Waals surface area contributed by atoms with Gasteiger partial charge < -0.3 is 10.6 Å². The third-order valence-electron chi connectivity index (χ3n) is 3.66. The summed E-state index contributed by atoms with van der Waals surface area (Å²) in [5.74, 6) is 0.0779. The fourth-order valence-electron chi connectivity index (χ4n) is 2.33. The van der Waals surface area contributed by atoms with Crippen molar-refractivity contribution in [2.24, 2.45) is 0 Å². The first-order chi connectivity index (χ1) is 12.7. The maximum atomic E-state index is 12.1. The number of amides is 2. The van der Waals surface area contributed by atoms with E-state index in [-0.39, 0.29) is 11.8 Å². The summed E-state index contributed by atoms with van der Waals surface area (Å²) >= 11 is 0. The molecular formula is C20H18N4O2. The van der Waals surface area contributed by atoms with Crippen molar-refractivity contribution in [2.75, 3.05) is 10.6 Å². The van der Waals surface area contributed by atoms with Crippen LogP contribution in [0, 0.1) is 0 Å². The lowest BCUT2D eigenvalue weighted by molar-refractivity contribution is -0.116. The lowest BCUT2D eigenvalue weighted by Crippen LogP contribution is -2.14. The van der Waals surface area contributed by atoms with Crippen LogP contribution in [0.2, 0.25) is 0 Å². The van der Waals surface area contributed by atoms with E-state index in [1.54, 1.807) is 42.6 Å². The molecule has 0 aliphatic carbocycles. The molecule has 0 spiro atoms. The standard InChI is InChI=1S/C20H18N4O2/c25-19(12-10-16-8-4-5-13-21-16)23-17-9-11-18(22-14-17)24-20(26)15-6-2-1-3-7-15/h1-9,11,13-14H,10,12H2,(H,23,25)(H,22,24,26). The molecule has 6 heteroatoms. The normalized spacial score (nSPS) is 10.2. The number of nitrogens with one attached hydrogen (secondary N) is 2. The molecule has 6 nitrogen and oxygen atoms in total. The maximum Gasteiger partial charge on any atom is 0.256 e. The molecule has 0 fully saturated rings. The number of carbonyl (C=O) groups excluding carboxylic acids is 2. The van der Waals surface area contributed by atoms with E-state index in [0.29, 0.717) is 29.9 Å². The Balaban J connectivity index is 1.51. The number of hydrogen-bond acceptors (Lipinski definition) is 4. The van der Waals surface area contributed by atoms with E-state index in [9.17, 15) is 9.59 Å². The minimum Gasteiger partial charge on any atom is -0.325 e. The van der Waals surface area contributed by atoms with Gasteiger partial charge in [0.25, 0.3) is 5.91 Å². The number of hydrogen-bond donors (Lipinski definition) is 2. The fourth-order valence-corrected chi connectivity index (χ4v) is 2.33. The Kier molecular flexibility index (Phi) is 5.67. The lowest BCUT2D eigenvalue weighted by atomic mass is 10.2. The molecule has 0 aliphatic heterocycles. The third-order valence-corrected chi connectivity index (χ3v) is 3.66. The molecule has 1 aromatic carbocycles. The quantitative estimate of drug-likeness (QED) is 0.717. The Morgan fingerprint density at radius 2 is 1.65 bits per heavy atom. The van der Waals surface area contributed by atoms with Gasteiger partial charge in [0.1, 0.15) is 5.82 Å². The van der Waals surface area contributed by atoms with Gasteiger partial charge in [-0.05, 0) is 42.8 Å². The van der Waals surface area contributed by atoms with Crippen LogP contribution in [0.5, 0.6) is 0 Å². The first-order valence-corrected chi connectivity index (χ1v) is 8.23. The van der Waals surface area contributed by atoms with E-state index in [4.69, 9.17) is 0 Å². The minimum atomic E-state index is -0.231. The molecule has 0 saturated carbocycles. The van der Waals surface area contributed by atoms with Gasteiger partial charge in [0.15, 0.2) is 0 Å². The average molecular weight is 346 g/mol. The molecule has 2 aromatic heterocycles. The van der Waals surface area contributed by atoms with Crippen LogP contribution < -0.4 is 10.6 Å². The van der Waals surface area contributed by atoms with Crippen LogP contribution in [0.25, 0.3) is 0 Å². The zero-order valence-corrected chi connectivity index (χ0v) is 14.1. The number of benzene rings is 1. The minimum absolute atomic E-state index is 0.112. The Morgan fingerprint density at radius 1 is 0.846 bits per heavy atom. The smallest absolute Gasteiger partial charge is 0.256 e. The Labute approximate surface area is 151 Å². The number of anilines is 2. The number of carbonyl (C=O) groups is 2. The molecule has 26 heavy (non-hydrogen) atoms. The first-order valence-electron chi connectivity index (χ1n) is 8.23. The number of nitrogens with zero attached hydrogens (tertiary/aromatic N) is 2. The summed E-state index contributed by atoms with van der Waals surface area (Å²) in [5, 5.41) is 5.50. The van der Waals surface area contributed by atoms with Crippen LogP contribution in [-0.2, 0) is 11.2 Å². The second kappa shape index (κ2) is 8.53. The summed E-state index contributed by atoms with van der Waals surface area (Å²) in [4.78, 5) is 32.4. The van der Waals surface area contributed by atoms with Gasteiger partial charge in [-0.2, -0.15) is 0 Å². The Hall–Kier alpha value is -3.54. The predicted octanol–water partition coefficient (Wildman–Crippen LogP) is 3.30. The molecule has 3 rings (SSSR count). The summed E-state index contributed by atoms with van der Waals surface area (Å²) < 4.78 is 0. The van der Waals surface area contributed by atoms with Crippen LogP contribution >= 0.6 is 0 Å². The summed E-state index contributed by atoms with van der Waals surface area (Å²) in [6.07, 6.45) is 4.13. The molecule has 2 N–H and O–H groups in total. The van der Waals surface area contributed by atoms with Crippen molar-refractivity contribution < 1.29 is 9.59 Å². The van der Waals surface area contributed by atoms with E-state index < -0.39 is 0 Å². The van der Waals surface area contributed by atoms with E-state index in [1.807, 2.05) is 24.3 Å². The van der Waals surface area contributed by atoms with Gasteiger partial charge in [0, 0.05) is 23.9 Å². The SMILES string of the molecule is O=C(CCc1ccccn1)Nc1ccc(NC(=O)c2ccccc2)nc1. The molecule has 2 heterocycles. The van der Waals surface area contributed by atoms with E-state index in [0.717, 1.165) is 5.69 Å². The van der Waals surface area contributed by atoms with Crippen molar-refractivity contribution in [1.82, 2.24) is 9.97 Å². The Morgan fingerprint density at radius 3 is 2.35 bits per heavy atom. The van der Waals surface area contributed by atoms with E-state index in [2.05, 4.69) is 20.6 Å². The van der Waals surface area contributed by atoms with Crippen LogP contribution in [0.1, 0.15) is 22.5 Å². The van der Waals surface area contributed by atoms with Crippen molar-refractivity contribution in [3.8, 4) is 0 Å². The van der Waals surface area contributed by atoms with Crippen LogP contribution in [0.3, 0.4) is 0 Å². The molecule has 0 saturated heterocycles. The highest BCUT2D eigenvalue weighted by atomic mass is 16.2. The van der Waals surface area contributed by atoms with Crippen molar-refractivity contribution >= 4 is 23.3 Å². The zero-order valence-electron chi connectivity index (χ0n) is 14.1. The molecule has 0 atom stereocenters. The van der Waals surface area contributed by atoms with Gasteiger partial charge in [-0.1, -0.05) is 24.3 Å². The van der Waals surface area contributed by atoms with Gasteiger partial charge >= 0.3 is 0 Å². The van der Waals surface area contributed by atoms with E-state index >= 15 is 0 Å². The second-order valence-electron chi connectivity index (χ2n) is 5.62. The summed E-state index contributed by atoms with van der Waals surface area (Å²) in [7, 11) is 0. The van der Waals surface area contributed by atoms with Crippen molar-refractivity contribution in [3.05, 3.63) is 84.3 Å². The van der Waals surface area contributed by atoms with Gasteiger partial charge in [-0.15, -0.1) is 0 Å². The molecule has 0 unspecified atom stereocenters. The van der Waals surface area contributed by atoms with Gasteiger partial charge in [0.2, 0.25) is 5.91 Å². The largest absolute Gasteiger partial charge is 0.325 e. The molecular weight excluding hydrogens is 328 g/mol. The van der Waals surface area contributed by atoms with Crippen molar-refractivity contribution in [2.45, 2.75) is 12.8 Å². The highest BCUT2D eigenvalue weighted by Crippen LogP contribution is 2.12. The summed E-state index contributed by atoms with van der Waals surface area (Å²) in [5.41, 5.74) is 2.01. The van der Waals surface area contributed by atoms with Crippen LogP contribution in [-0.4, -0.2) is 21.8 Å². The highest BCUT2D eigenvalue weighted by molar-refractivity contribution is 6.03.